The highest BCUT2D eigenvalue weighted by Gasteiger charge is 2.30. The highest BCUT2D eigenvalue weighted by molar-refractivity contribution is 7.89. The van der Waals surface area contributed by atoms with Gasteiger partial charge in [0.2, 0.25) is 15.9 Å². The molecule has 1 aliphatic heterocycles. The Morgan fingerprint density at radius 3 is 2.66 bits per heavy atom. The van der Waals surface area contributed by atoms with E-state index in [1.165, 1.54) is 16.8 Å². The smallest absolute Gasteiger partial charge is 0.272 e. The molecule has 0 bridgehead atoms. The van der Waals surface area contributed by atoms with Crippen LogP contribution in [-0.2, 0) is 10.0 Å². The molecule has 0 atom stereocenters. The Morgan fingerprint density at radius 1 is 1.17 bits per heavy atom. The zero-order chi connectivity index (χ0) is 20.4. The summed E-state index contributed by atoms with van der Waals surface area (Å²) in [5, 5.41) is 3.97. The van der Waals surface area contributed by atoms with Crippen molar-refractivity contribution in [2.75, 3.05) is 37.7 Å². The molecule has 1 aliphatic rings. The Morgan fingerprint density at radius 2 is 1.97 bits per heavy atom. The predicted molar refractivity (Wildman–Crippen MR) is 98.5 cm³/mol. The van der Waals surface area contributed by atoms with E-state index in [2.05, 4.69) is 19.6 Å². The van der Waals surface area contributed by atoms with E-state index in [4.69, 9.17) is 4.74 Å². The number of piperazine rings is 1. The van der Waals surface area contributed by atoms with Gasteiger partial charge in [-0.25, -0.2) is 27.2 Å². The maximum atomic E-state index is 12.6. The summed E-state index contributed by atoms with van der Waals surface area (Å²) in [7, 11) is -3.64. The summed E-state index contributed by atoms with van der Waals surface area (Å²) in [6.07, 6.45) is 0.929. The second-order valence-corrected chi connectivity index (χ2v) is 8.27. The van der Waals surface area contributed by atoms with E-state index in [9.17, 15) is 17.2 Å². The molecule has 0 amide bonds. The van der Waals surface area contributed by atoms with Crippen LogP contribution < -0.4 is 9.64 Å². The number of fused-ring (bicyclic) bond motifs is 1. The molecule has 0 N–H and O–H groups in total. The van der Waals surface area contributed by atoms with Crippen molar-refractivity contribution >= 4 is 26.6 Å². The zero-order valence-corrected chi connectivity index (χ0v) is 15.9. The molecule has 1 aromatic carbocycles. The first kappa shape index (κ1) is 19.5. The van der Waals surface area contributed by atoms with Gasteiger partial charge in [0.25, 0.3) is 6.43 Å². The Hall–Kier alpha value is -2.86. The standard InChI is InChI=1S/C17H17F2N5O4S/c18-16(19)10-27-17-14-7-12(1-2-15(14)20-11-21-17)23-3-5-24(6-4-23)29(25,26)13-8-22-28-9-13/h1-2,7-9,11,16H,3-6,10H2. The molecule has 12 heteroatoms. The van der Waals surface area contributed by atoms with Gasteiger partial charge in [0.1, 0.15) is 17.5 Å². The number of hydrogen-bond acceptors (Lipinski definition) is 8. The van der Waals surface area contributed by atoms with E-state index < -0.39 is 23.1 Å². The number of ether oxygens (including phenoxy) is 1. The first-order chi connectivity index (χ1) is 13.9. The average molecular weight is 425 g/mol. The summed E-state index contributed by atoms with van der Waals surface area (Å²) >= 11 is 0. The monoisotopic (exact) mass is 425 g/mol. The molecule has 3 aromatic rings. The van der Waals surface area contributed by atoms with Crippen LogP contribution in [0, 0.1) is 0 Å². The number of halogens is 2. The van der Waals surface area contributed by atoms with Crippen LogP contribution in [0.3, 0.4) is 0 Å². The van der Waals surface area contributed by atoms with Gasteiger partial charge in [0, 0.05) is 31.9 Å². The maximum Gasteiger partial charge on any atom is 0.272 e. The van der Waals surface area contributed by atoms with Gasteiger partial charge in [0.05, 0.1) is 17.1 Å². The lowest BCUT2D eigenvalue weighted by Gasteiger charge is -2.35. The third kappa shape index (κ3) is 3.98. The second-order valence-electron chi connectivity index (χ2n) is 6.33. The van der Waals surface area contributed by atoms with Gasteiger partial charge in [-0.05, 0) is 18.2 Å². The molecule has 0 radical (unpaired) electrons. The molecule has 4 rings (SSSR count). The van der Waals surface area contributed by atoms with E-state index >= 15 is 0 Å². The van der Waals surface area contributed by atoms with Crippen molar-refractivity contribution < 1.29 is 26.5 Å². The van der Waals surface area contributed by atoms with Gasteiger partial charge in [-0.1, -0.05) is 5.16 Å². The highest BCUT2D eigenvalue weighted by Crippen LogP contribution is 2.28. The summed E-state index contributed by atoms with van der Waals surface area (Å²) in [6.45, 7) is 0.723. The molecule has 9 nitrogen and oxygen atoms in total. The Bertz CT molecular complexity index is 1090. The fourth-order valence-corrected chi connectivity index (χ4v) is 4.42. The number of nitrogens with zero attached hydrogens (tertiary/aromatic N) is 5. The van der Waals surface area contributed by atoms with Gasteiger partial charge < -0.3 is 14.2 Å². The number of anilines is 1. The fraction of sp³-hybridized carbons (Fsp3) is 0.353. The van der Waals surface area contributed by atoms with Crippen molar-refractivity contribution in [2.24, 2.45) is 0 Å². The normalized spacial score (nSPS) is 15.9. The second kappa shape index (κ2) is 7.87. The van der Waals surface area contributed by atoms with Crippen molar-refractivity contribution in [1.29, 1.82) is 0 Å². The number of aromatic nitrogens is 3. The topological polar surface area (TPSA) is 102 Å². The van der Waals surface area contributed by atoms with Crippen LogP contribution in [0.2, 0.25) is 0 Å². The molecule has 1 fully saturated rings. The Labute approximate surface area is 164 Å². The third-order valence-corrected chi connectivity index (χ3v) is 6.42. The molecule has 2 aromatic heterocycles. The molecule has 0 aliphatic carbocycles. The molecule has 3 heterocycles. The minimum atomic E-state index is -3.64. The van der Waals surface area contributed by atoms with Gasteiger partial charge in [-0.15, -0.1) is 0 Å². The third-order valence-electron chi connectivity index (χ3n) is 4.58. The fourth-order valence-electron chi connectivity index (χ4n) is 3.13. The van der Waals surface area contributed by atoms with E-state index in [1.54, 1.807) is 12.1 Å². The summed E-state index contributed by atoms with van der Waals surface area (Å²) in [4.78, 5) is 10.1. The minimum Gasteiger partial charge on any atom is -0.471 e. The minimum absolute atomic E-state index is 0.0228. The lowest BCUT2D eigenvalue weighted by atomic mass is 10.2. The van der Waals surface area contributed by atoms with Crippen molar-refractivity contribution in [1.82, 2.24) is 19.4 Å². The predicted octanol–water partition coefficient (Wildman–Crippen LogP) is 1.77. The van der Waals surface area contributed by atoms with Crippen LogP contribution in [0.4, 0.5) is 14.5 Å². The molecule has 29 heavy (non-hydrogen) atoms. The number of alkyl halides is 2. The summed E-state index contributed by atoms with van der Waals surface area (Å²) in [5.41, 5.74) is 1.37. The quantitative estimate of drug-likeness (QED) is 0.589. The Kier molecular flexibility index (Phi) is 5.28. The molecular weight excluding hydrogens is 408 g/mol. The van der Waals surface area contributed by atoms with Crippen LogP contribution in [-0.4, -0.2) is 67.1 Å². The number of rotatable bonds is 6. The van der Waals surface area contributed by atoms with Crippen molar-refractivity contribution in [2.45, 2.75) is 11.3 Å². The summed E-state index contributed by atoms with van der Waals surface area (Å²) in [5.74, 6) is 0.0887. The van der Waals surface area contributed by atoms with E-state index in [1.807, 2.05) is 11.0 Å². The molecule has 154 valence electrons. The molecule has 1 saturated heterocycles. The number of sulfonamides is 1. The van der Waals surface area contributed by atoms with E-state index in [-0.39, 0.29) is 23.9 Å². The molecular formula is C17H17F2N5O4S. The number of hydrogen-bond donors (Lipinski definition) is 0. The van der Waals surface area contributed by atoms with Crippen molar-refractivity contribution in [3.8, 4) is 5.88 Å². The van der Waals surface area contributed by atoms with Crippen LogP contribution in [0.15, 0.2) is 46.4 Å². The van der Waals surface area contributed by atoms with Gasteiger partial charge in [-0.3, -0.25) is 0 Å². The SMILES string of the molecule is O=S(=O)(c1cnoc1)N1CCN(c2ccc3ncnc(OCC(F)F)c3c2)CC1. The van der Waals surface area contributed by atoms with Gasteiger partial charge in [-0.2, -0.15) is 4.31 Å². The van der Waals surface area contributed by atoms with Crippen LogP contribution in [0.5, 0.6) is 5.88 Å². The average Bonchev–Trinajstić information content (AvgIpc) is 3.28. The highest BCUT2D eigenvalue weighted by atomic mass is 32.2. The summed E-state index contributed by atoms with van der Waals surface area (Å²) in [6, 6.07) is 5.36. The zero-order valence-electron chi connectivity index (χ0n) is 15.1. The van der Waals surface area contributed by atoms with Crippen molar-refractivity contribution in [3.63, 3.8) is 0 Å². The largest absolute Gasteiger partial charge is 0.471 e. The van der Waals surface area contributed by atoms with Crippen molar-refractivity contribution in [3.05, 3.63) is 37.0 Å². The summed E-state index contributed by atoms with van der Waals surface area (Å²) < 4.78 is 61.2. The van der Waals surface area contributed by atoms with Crippen LogP contribution in [0.1, 0.15) is 0 Å². The first-order valence-electron chi connectivity index (χ1n) is 8.75. The van der Waals surface area contributed by atoms with E-state index in [0.29, 0.717) is 24.0 Å². The van der Waals surface area contributed by atoms with Crippen LogP contribution in [0.25, 0.3) is 10.9 Å². The van der Waals surface area contributed by atoms with Crippen LogP contribution >= 0.6 is 0 Å². The lowest BCUT2D eigenvalue weighted by Crippen LogP contribution is -2.48. The molecule has 0 spiro atoms. The Balaban J connectivity index is 1.52. The van der Waals surface area contributed by atoms with Gasteiger partial charge in [0.15, 0.2) is 6.61 Å². The lowest BCUT2D eigenvalue weighted by molar-refractivity contribution is 0.0804. The molecule has 0 unspecified atom stereocenters. The molecule has 0 saturated carbocycles. The number of benzene rings is 1. The van der Waals surface area contributed by atoms with Gasteiger partial charge >= 0.3 is 0 Å². The maximum absolute atomic E-state index is 12.6. The van der Waals surface area contributed by atoms with E-state index in [0.717, 1.165) is 12.0 Å². The first-order valence-corrected chi connectivity index (χ1v) is 10.2.